The summed E-state index contributed by atoms with van der Waals surface area (Å²) < 4.78 is 16.2. The van der Waals surface area contributed by atoms with Crippen LogP contribution in [0.5, 0.6) is 11.5 Å². The van der Waals surface area contributed by atoms with E-state index in [1.165, 1.54) is 0 Å². The Hall–Kier alpha value is -3.06. The van der Waals surface area contributed by atoms with Crippen molar-refractivity contribution >= 4 is 17.5 Å². The van der Waals surface area contributed by atoms with Crippen LogP contribution in [0.2, 0.25) is 5.02 Å². The van der Waals surface area contributed by atoms with Crippen LogP contribution in [0, 0.1) is 6.92 Å². The molecule has 2 aromatic carbocycles. The van der Waals surface area contributed by atoms with Crippen molar-refractivity contribution in [3.05, 3.63) is 59.4 Å². The van der Waals surface area contributed by atoms with Gasteiger partial charge in [0.05, 0.1) is 6.54 Å². The van der Waals surface area contributed by atoms with E-state index >= 15 is 0 Å². The van der Waals surface area contributed by atoms with Gasteiger partial charge in [0.2, 0.25) is 11.7 Å². The lowest BCUT2D eigenvalue weighted by molar-refractivity contribution is -0.132. The van der Waals surface area contributed by atoms with Crippen molar-refractivity contribution in [1.29, 1.82) is 0 Å². The second-order valence-electron chi connectivity index (χ2n) is 6.07. The Morgan fingerprint density at radius 2 is 1.93 bits per heavy atom. The van der Waals surface area contributed by atoms with E-state index in [2.05, 4.69) is 10.1 Å². The van der Waals surface area contributed by atoms with Crippen molar-refractivity contribution in [2.45, 2.75) is 6.92 Å². The zero-order chi connectivity index (χ0) is 19.9. The molecule has 0 aliphatic heterocycles. The average molecular weight is 402 g/mol. The van der Waals surface area contributed by atoms with Gasteiger partial charge in [-0.2, -0.15) is 4.98 Å². The molecule has 0 bridgehead atoms. The molecule has 146 valence electrons. The van der Waals surface area contributed by atoms with Gasteiger partial charge in [-0.25, -0.2) is 0 Å². The second-order valence-corrected chi connectivity index (χ2v) is 6.51. The molecule has 0 saturated carbocycles. The van der Waals surface area contributed by atoms with E-state index in [1.807, 2.05) is 12.1 Å². The van der Waals surface area contributed by atoms with Crippen LogP contribution in [0.1, 0.15) is 5.89 Å². The molecule has 3 rings (SSSR count). The summed E-state index contributed by atoms with van der Waals surface area (Å²) in [7, 11) is 1.70. The first-order valence-corrected chi connectivity index (χ1v) is 9.05. The molecule has 1 amide bonds. The van der Waals surface area contributed by atoms with Crippen molar-refractivity contribution < 1.29 is 18.8 Å². The summed E-state index contributed by atoms with van der Waals surface area (Å²) in [6.45, 7) is 2.46. The molecule has 0 radical (unpaired) electrons. The summed E-state index contributed by atoms with van der Waals surface area (Å²) in [4.78, 5) is 18.0. The minimum absolute atomic E-state index is 0.0772. The Morgan fingerprint density at radius 3 is 2.64 bits per heavy atom. The van der Waals surface area contributed by atoms with Crippen molar-refractivity contribution in [2.75, 3.05) is 26.8 Å². The fourth-order valence-electron chi connectivity index (χ4n) is 2.35. The zero-order valence-corrected chi connectivity index (χ0v) is 16.3. The van der Waals surface area contributed by atoms with Gasteiger partial charge in [-0.3, -0.25) is 4.79 Å². The molecule has 0 spiro atoms. The molecule has 0 N–H and O–H groups in total. The molecule has 1 aromatic heterocycles. The summed E-state index contributed by atoms with van der Waals surface area (Å²) in [5, 5.41) is 4.52. The Bertz CT molecular complexity index is 927. The van der Waals surface area contributed by atoms with E-state index in [9.17, 15) is 4.79 Å². The number of nitrogens with zero attached hydrogens (tertiary/aromatic N) is 3. The number of rotatable bonds is 8. The maximum absolute atomic E-state index is 12.2. The minimum Gasteiger partial charge on any atom is -0.492 e. The number of carbonyl (C=O) groups is 1. The smallest absolute Gasteiger partial charge is 0.260 e. The van der Waals surface area contributed by atoms with Gasteiger partial charge in [-0.1, -0.05) is 28.9 Å². The highest BCUT2D eigenvalue weighted by Crippen LogP contribution is 2.21. The maximum atomic E-state index is 12.2. The van der Waals surface area contributed by atoms with Crippen LogP contribution in [0.25, 0.3) is 11.4 Å². The lowest BCUT2D eigenvalue weighted by Gasteiger charge is -2.18. The molecule has 0 atom stereocenters. The Morgan fingerprint density at radius 1 is 1.14 bits per heavy atom. The third-order valence-electron chi connectivity index (χ3n) is 3.92. The fraction of sp³-hybridized carbons (Fsp3) is 0.250. The first-order chi connectivity index (χ1) is 13.5. The molecular formula is C20H20ClN3O4. The van der Waals surface area contributed by atoms with E-state index in [-0.39, 0.29) is 12.5 Å². The summed E-state index contributed by atoms with van der Waals surface area (Å²) in [6.07, 6.45) is 0. The number of amides is 1. The van der Waals surface area contributed by atoms with Gasteiger partial charge in [0, 0.05) is 24.6 Å². The summed E-state index contributed by atoms with van der Waals surface area (Å²) >= 11 is 5.83. The Labute approximate surface area is 167 Å². The van der Waals surface area contributed by atoms with Gasteiger partial charge < -0.3 is 18.9 Å². The molecule has 0 saturated heterocycles. The lowest BCUT2D eigenvalue weighted by atomic mass is 10.2. The van der Waals surface area contributed by atoms with Gasteiger partial charge >= 0.3 is 0 Å². The van der Waals surface area contributed by atoms with E-state index in [4.69, 9.17) is 25.6 Å². The number of benzene rings is 2. The summed E-state index contributed by atoms with van der Waals surface area (Å²) in [6, 6.07) is 14.3. The number of hydrogen-bond acceptors (Lipinski definition) is 6. The van der Waals surface area contributed by atoms with Crippen molar-refractivity contribution in [2.24, 2.45) is 0 Å². The molecule has 0 aliphatic carbocycles. The molecule has 3 aromatic rings. The Kier molecular flexibility index (Phi) is 6.49. The minimum atomic E-state index is -0.152. The van der Waals surface area contributed by atoms with Crippen molar-refractivity contribution in [1.82, 2.24) is 15.0 Å². The number of carbonyl (C=O) groups excluding carboxylic acids is 1. The average Bonchev–Trinajstić information content (AvgIpc) is 3.14. The van der Waals surface area contributed by atoms with Crippen LogP contribution in [0.4, 0.5) is 0 Å². The van der Waals surface area contributed by atoms with Crippen molar-refractivity contribution in [3.63, 3.8) is 0 Å². The number of aromatic nitrogens is 2. The lowest BCUT2D eigenvalue weighted by Crippen LogP contribution is -2.34. The summed E-state index contributed by atoms with van der Waals surface area (Å²) in [5.74, 6) is 2.07. The second kappa shape index (κ2) is 9.23. The van der Waals surface area contributed by atoms with E-state index in [1.54, 1.807) is 55.3 Å². The third kappa shape index (κ3) is 5.47. The quantitative estimate of drug-likeness (QED) is 0.573. The molecule has 0 aliphatic rings. The molecule has 8 heteroatoms. The highest BCUT2D eigenvalue weighted by atomic mass is 35.5. The fourth-order valence-corrected chi connectivity index (χ4v) is 2.48. The van der Waals surface area contributed by atoms with Crippen LogP contribution in [-0.4, -0.2) is 47.8 Å². The number of ether oxygens (including phenoxy) is 2. The number of halogens is 1. The van der Waals surface area contributed by atoms with E-state index in [0.29, 0.717) is 41.4 Å². The topological polar surface area (TPSA) is 77.7 Å². The van der Waals surface area contributed by atoms with Gasteiger partial charge in [-0.15, -0.1) is 0 Å². The molecular weight excluding hydrogens is 382 g/mol. The normalized spacial score (nSPS) is 10.5. The van der Waals surface area contributed by atoms with E-state index in [0.717, 1.165) is 5.56 Å². The van der Waals surface area contributed by atoms with Crippen LogP contribution in [0.3, 0.4) is 0 Å². The molecule has 28 heavy (non-hydrogen) atoms. The third-order valence-corrected chi connectivity index (χ3v) is 4.17. The largest absolute Gasteiger partial charge is 0.492 e. The molecule has 7 nitrogen and oxygen atoms in total. The zero-order valence-electron chi connectivity index (χ0n) is 15.6. The SMILES string of the molecule is Cc1nc(-c2cccc(OCC(=O)N(C)CCOc3ccc(Cl)cc3)c2)no1. The van der Waals surface area contributed by atoms with Crippen LogP contribution in [0.15, 0.2) is 53.1 Å². The van der Waals surface area contributed by atoms with Crippen molar-refractivity contribution in [3.8, 4) is 22.9 Å². The monoisotopic (exact) mass is 401 g/mol. The van der Waals surface area contributed by atoms with Gasteiger partial charge in [0.1, 0.15) is 18.1 Å². The first kappa shape index (κ1) is 19.7. The number of aryl methyl sites for hydroxylation is 1. The summed E-state index contributed by atoms with van der Waals surface area (Å²) in [5.41, 5.74) is 0.756. The molecule has 0 unspecified atom stereocenters. The van der Waals surface area contributed by atoms with E-state index < -0.39 is 0 Å². The molecule has 0 fully saturated rings. The van der Waals surface area contributed by atoms with Crippen LogP contribution in [-0.2, 0) is 4.79 Å². The standard InChI is InChI=1S/C20H20ClN3O4/c1-14-22-20(23-28-14)15-4-3-5-18(12-15)27-13-19(25)24(2)10-11-26-17-8-6-16(21)7-9-17/h3-9,12H,10-11,13H2,1-2H3. The predicted octanol–water partition coefficient (Wildman–Crippen LogP) is 3.61. The van der Waals surface area contributed by atoms with Crippen LogP contribution < -0.4 is 9.47 Å². The highest BCUT2D eigenvalue weighted by molar-refractivity contribution is 6.30. The first-order valence-electron chi connectivity index (χ1n) is 8.67. The van der Waals surface area contributed by atoms with Gasteiger partial charge in [0.25, 0.3) is 5.91 Å². The predicted molar refractivity (Wildman–Crippen MR) is 105 cm³/mol. The van der Waals surface area contributed by atoms with Gasteiger partial charge in [0.15, 0.2) is 6.61 Å². The number of likely N-dealkylation sites (N-methyl/N-ethyl adjacent to an activating group) is 1. The Balaban J connectivity index is 1.46. The maximum Gasteiger partial charge on any atom is 0.260 e. The highest BCUT2D eigenvalue weighted by Gasteiger charge is 2.11. The number of hydrogen-bond donors (Lipinski definition) is 0. The van der Waals surface area contributed by atoms with Crippen LogP contribution >= 0.6 is 11.6 Å². The van der Waals surface area contributed by atoms with Gasteiger partial charge in [-0.05, 0) is 36.4 Å². The molecule has 1 heterocycles.